The van der Waals surface area contributed by atoms with E-state index in [0.717, 1.165) is 81.6 Å². The molecule has 6 rings (SSSR count). The Labute approximate surface area is 367 Å². The third-order valence-electron chi connectivity index (χ3n) is 9.92. The predicted molar refractivity (Wildman–Crippen MR) is 244 cm³/mol. The number of nitriles is 2. The number of aromatic nitrogens is 1. The highest BCUT2D eigenvalue weighted by Crippen LogP contribution is 2.49. The lowest BCUT2D eigenvalue weighted by Gasteiger charge is -2.16. The SMILES string of the molecule is CCCOC(=O)Nc1ccc(C2=C(C#N)c3ccc(OCCCCl)cc3C2CC)cc1.CCOC(=O)Nc1ccc(-c2c(C#N)c3ccc(OCCCCl)cc3n2CC)cc1. The molecule has 1 aliphatic carbocycles. The Morgan fingerprint density at radius 2 is 1.31 bits per heavy atom. The zero-order valence-electron chi connectivity index (χ0n) is 35.0. The number of hydrogen-bond acceptors (Lipinski definition) is 8. The first-order chi connectivity index (χ1) is 29.7. The molecule has 4 aromatic carbocycles. The maximum atomic E-state index is 11.8. The molecule has 1 heterocycles. The number of ether oxygens (including phenoxy) is 4. The summed E-state index contributed by atoms with van der Waals surface area (Å²) in [6.45, 7) is 10.4. The average Bonchev–Trinajstić information content (AvgIpc) is 3.77. The minimum Gasteiger partial charge on any atom is -0.494 e. The molecule has 0 saturated carbocycles. The van der Waals surface area contributed by atoms with Gasteiger partial charge in [0.1, 0.15) is 23.6 Å². The molecule has 2 amide bonds. The fraction of sp³-hybridized carbons (Fsp3) is 0.333. The van der Waals surface area contributed by atoms with Crippen LogP contribution in [-0.4, -0.2) is 54.9 Å². The quantitative estimate of drug-likeness (QED) is 0.0693. The monoisotopic (exact) mass is 863 g/mol. The molecular weight excluding hydrogens is 813 g/mol. The standard InChI is InChI=1S/C25H27ClN2O3.C23H24ClN3O3/c1-3-13-31-25(29)28-18-8-6-17(7-9-18)24-20(4-2)22-15-19(30-14-5-12-26)10-11-21(22)23(24)16-27;1-3-27-21-14-18(30-13-5-12-24)10-11-19(21)20(15-25)22(27)16-6-8-17(9-7-16)26-23(28)29-4-2/h6-11,15,20H,3-5,12-14H2,1-2H3,(H,28,29);6-11,14H,3-5,12-13H2,1-2H3,(H,26,28). The zero-order valence-corrected chi connectivity index (χ0v) is 36.5. The zero-order chi connectivity index (χ0) is 43.7. The Kier molecular flexibility index (Phi) is 17.3. The Morgan fingerprint density at radius 1 is 0.721 bits per heavy atom. The molecule has 1 aliphatic rings. The van der Waals surface area contributed by atoms with Gasteiger partial charge in [0.2, 0.25) is 0 Å². The maximum Gasteiger partial charge on any atom is 0.411 e. The Balaban J connectivity index is 0.000000231. The first kappa shape index (κ1) is 45.9. The van der Waals surface area contributed by atoms with Gasteiger partial charge in [0.05, 0.1) is 48.8 Å². The van der Waals surface area contributed by atoms with Crippen molar-refractivity contribution in [3.8, 4) is 34.9 Å². The van der Waals surface area contributed by atoms with Crippen LogP contribution in [0.3, 0.4) is 0 Å². The molecule has 318 valence electrons. The van der Waals surface area contributed by atoms with Gasteiger partial charge in [-0.1, -0.05) is 38.1 Å². The number of aryl methyl sites for hydroxylation is 1. The van der Waals surface area contributed by atoms with Gasteiger partial charge < -0.3 is 23.5 Å². The van der Waals surface area contributed by atoms with Crippen molar-refractivity contribution in [2.45, 2.75) is 65.8 Å². The van der Waals surface area contributed by atoms with Crippen LogP contribution < -0.4 is 20.1 Å². The van der Waals surface area contributed by atoms with Crippen LogP contribution in [-0.2, 0) is 16.0 Å². The number of alkyl halides is 2. The van der Waals surface area contributed by atoms with Crippen LogP contribution in [0, 0.1) is 22.7 Å². The molecule has 2 N–H and O–H groups in total. The summed E-state index contributed by atoms with van der Waals surface area (Å²) in [6, 6.07) is 31.4. The van der Waals surface area contributed by atoms with E-state index in [1.165, 1.54) is 0 Å². The van der Waals surface area contributed by atoms with Crippen LogP contribution in [0.25, 0.3) is 33.3 Å². The molecule has 0 aliphatic heterocycles. The molecule has 5 aromatic rings. The van der Waals surface area contributed by atoms with Gasteiger partial charge in [-0.05, 0) is 122 Å². The normalized spacial score (nSPS) is 12.7. The van der Waals surface area contributed by atoms with Gasteiger partial charge in [0.15, 0.2) is 0 Å². The summed E-state index contributed by atoms with van der Waals surface area (Å²) in [5.74, 6) is 2.77. The summed E-state index contributed by atoms with van der Waals surface area (Å²) >= 11 is 11.5. The number of amides is 2. The van der Waals surface area contributed by atoms with Gasteiger partial charge in [-0.15, -0.1) is 23.2 Å². The number of nitrogens with zero attached hydrogens (tertiary/aromatic N) is 3. The number of anilines is 2. The van der Waals surface area contributed by atoms with Gasteiger partial charge in [-0.25, -0.2) is 9.59 Å². The van der Waals surface area contributed by atoms with Gasteiger partial charge in [-0.2, -0.15) is 10.5 Å². The molecular formula is C48H51Cl2N5O6. The van der Waals surface area contributed by atoms with Crippen molar-refractivity contribution in [2.75, 3.05) is 48.8 Å². The van der Waals surface area contributed by atoms with E-state index in [1.54, 1.807) is 19.1 Å². The second kappa shape index (κ2) is 23.0. The fourth-order valence-electron chi connectivity index (χ4n) is 7.24. The minimum absolute atomic E-state index is 0.106. The number of fused-ring (bicyclic) bond motifs is 2. The molecule has 0 bridgehead atoms. The van der Waals surface area contributed by atoms with Gasteiger partial charge >= 0.3 is 12.2 Å². The van der Waals surface area contributed by atoms with Crippen molar-refractivity contribution in [3.63, 3.8) is 0 Å². The third kappa shape index (κ3) is 11.4. The van der Waals surface area contributed by atoms with E-state index in [1.807, 2.05) is 86.6 Å². The van der Waals surface area contributed by atoms with Crippen LogP contribution >= 0.6 is 23.2 Å². The minimum atomic E-state index is -0.493. The molecule has 61 heavy (non-hydrogen) atoms. The average molecular weight is 865 g/mol. The Hall–Kier alpha value is -6.14. The number of halogens is 2. The van der Waals surface area contributed by atoms with Crippen LogP contribution in [0.15, 0.2) is 84.9 Å². The van der Waals surface area contributed by atoms with Crippen LogP contribution in [0.2, 0.25) is 0 Å². The van der Waals surface area contributed by atoms with Crippen LogP contribution in [0.4, 0.5) is 21.0 Å². The predicted octanol–water partition coefficient (Wildman–Crippen LogP) is 12.4. The highest BCUT2D eigenvalue weighted by Gasteiger charge is 2.32. The molecule has 0 spiro atoms. The smallest absolute Gasteiger partial charge is 0.411 e. The topological polar surface area (TPSA) is 148 Å². The van der Waals surface area contributed by atoms with E-state index >= 15 is 0 Å². The second-order valence-electron chi connectivity index (χ2n) is 13.9. The van der Waals surface area contributed by atoms with Gasteiger partial charge in [0, 0.05) is 47.1 Å². The van der Waals surface area contributed by atoms with Crippen molar-refractivity contribution in [2.24, 2.45) is 0 Å². The highest BCUT2D eigenvalue weighted by molar-refractivity contribution is 6.18. The lowest BCUT2D eigenvalue weighted by Crippen LogP contribution is -2.13. The van der Waals surface area contributed by atoms with Gasteiger partial charge in [-0.3, -0.25) is 10.6 Å². The molecule has 13 heteroatoms. The summed E-state index contributed by atoms with van der Waals surface area (Å²) in [7, 11) is 0. The molecule has 1 unspecified atom stereocenters. The Bertz CT molecular complexity index is 2400. The number of allylic oxidation sites excluding steroid dienone is 2. The molecule has 0 saturated heterocycles. The van der Waals surface area contributed by atoms with Gasteiger partial charge in [0.25, 0.3) is 0 Å². The molecule has 0 radical (unpaired) electrons. The van der Waals surface area contributed by atoms with Crippen LogP contribution in [0.5, 0.6) is 11.5 Å². The molecule has 1 aromatic heterocycles. The van der Waals surface area contributed by atoms with Crippen molar-refractivity contribution in [3.05, 3.63) is 107 Å². The number of nitrogens with one attached hydrogen (secondary N) is 2. The summed E-state index contributed by atoms with van der Waals surface area (Å²) in [6.07, 6.45) is 2.24. The van der Waals surface area contributed by atoms with Crippen molar-refractivity contribution in [1.29, 1.82) is 10.5 Å². The first-order valence-corrected chi connectivity index (χ1v) is 21.6. The lowest BCUT2D eigenvalue weighted by molar-refractivity contribution is 0.161. The van der Waals surface area contributed by atoms with E-state index in [-0.39, 0.29) is 5.92 Å². The van der Waals surface area contributed by atoms with Crippen molar-refractivity contribution < 1.29 is 28.5 Å². The number of rotatable bonds is 17. The van der Waals surface area contributed by atoms with Crippen LogP contribution in [0.1, 0.15) is 81.5 Å². The number of benzene rings is 4. The first-order valence-electron chi connectivity index (χ1n) is 20.6. The van der Waals surface area contributed by atoms with E-state index in [9.17, 15) is 20.1 Å². The summed E-state index contributed by atoms with van der Waals surface area (Å²) in [4.78, 5) is 23.4. The van der Waals surface area contributed by atoms with Crippen molar-refractivity contribution in [1.82, 2.24) is 4.57 Å². The van der Waals surface area contributed by atoms with Crippen molar-refractivity contribution >= 4 is 68.8 Å². The van der Waals surface area contributed by atoms with E-state index in [2.05, 4.69) is 34.3 Å². The fourth-order valence-corrected chi connectivity index (χ4v) is 7.46. The summed E-state index contributed by atoms with van der Waals surface area (Å²) < 4.78 is 23.7. The maximum absolute atomic E-state index is 11.8. The number of carbonyl (C=O) groups excluding carboxylic acids is 2. The van der Waals surface area contributed by atoms with E-state index in [4.69, 9.17) is 42.1 Å². The van der Waals surface area contributed by atoms with E-state index < -0.39 is 12.2 Å². The lowest BCUT2D eigenvalue weighted by atomic mass is 9.88. The number of carbonyl (C=O) groups is 2. The highest BCUT2D eigenvalue weighted by atomic mass is 35.5. The Morgan fingerprint density at radius 3 is 1.85 bits per heavy atom. The largest absolute Gasteiger partial charge is 0.494 e. The third-order valence-corrected chi connectivity index (χ3v) is 10.5. The second-order valence-corrected chi connectivity index (χ2v) is 14.7. The summed E-state index contributed by atoms with van der Waals surface area (Å²) in [5.41, 5.74) is 9.33. The molecule has 0 fully saturated rings. The molecule has 11 nitrogen and oxygen atoms in total. The summed E-state index contributed by atoms with van der Waals surface area (Å²) in [5, 5.41) is 26.1. The number of hydrogen-bond donors (Lipinski definition) is 2. The van der Waals surface area contributed by atoms with E-state index in [0.29, 0.717) is 67.2 Å². The molecule has 1 atom stereocenters.